The van der Waals surface area contributed by atoms with Crippen molar-refractivity contribution in [3.8, 4) is 0 Å². The van der Waals surface area contributed by atoms with Crippen LogP contribution in [-0.2, 0) is 6.54 Å². The molecule has 0 saturated heterocycles. The van der Waals surface area contributed by atoms with E-state index in [0.29, 0.717) is 17.9 Å². The van der Waals surface area contributed by atoms with Crippen molar-refractivity contribution in [3.05, 3.63) is 53.3 Å². The summed E-state index contributed by atoms with van der Waals surface area (Å²) in [7, 11) is 0. The lowest BCUT2D eigenvalue weighted by Crippen LogP contribution is -2.22. The lowest BCUT2D eigenvalue weighted by atomic mass is 10.1. The predicted molar refractivity (Wildman–Crippen MR) is 80.7 cm³/mol. The van der Waals surface area contributed by atoms with Gasteiger partial charge in [0.15, 0.2) is 5.82 Å². The Bertz CT molecular complexity index is 809. The molecule has 3 rings (SSSR count). The van der Waals surface area contributed by atoms with Gasteiger partial charge in [-0.25, -0.2) is 0 Å². The van der Waals surface area contributed by atoms with E-state index in [1.807, 2.05) is 19.1 Å². The van der Waals surface area contributed by atoms with E-state index in [1.165, 1.54) is 0 Å². The number of amides is 1. The zero-order valence-electron chi connectivity index (χ0n) is 11.6. The number of nitrogens with one attached hydrogen (secondary N) is 2. The molecule has 4 N–H and O–H groups in total. The highest BCUT2D eigenvalue weighted by Crippen LogP contribution is 2.19. The van der Waals surface area contributed by atoms with Crippen molar-refractivity contribution >= 4 is 22.6 Å². The fraction of sp³-hybridized carbons (Fsp3) is 0.133. The Morgan fingerprint density at radius 2 is 2.19 bits per heavy atom. The smallest absolute Gasteiger partial charge is 0.251 e. The van der Waals surface area contributed by atoms with Crippen molar-refractivity contribution in [1.29, 1.82) is 0 Å². The molecule has 3 aromatic rings. The summed E-state index contributed by atoms with van der Waals surface area (Å²) >= 11 is 0. The second-order valence-corrected chi connectivity index (χ2v) is 4.86. The molecule has 21 heavy (non-hydrogen) atoms. The number of fused-ring (bicyclic) bond motifs is 1. The summed E-state index contributed by atoms with van der Waals surface area (Å²) in [5.74, 6) is 0.247. The van der Waals surface area contributed by atoms with Gasteiger partial charge in [0.25, 0.3) is 5.91 Å². The molecule has 0 fully saturated rings. The van der Waals surface area contributed by atoms with Gasteiger partial charge in [-0.1, -0.05) is 0 Å². The zero-order chi connectivity index (χ0) is 14.8. The van der Waals surface area contributed by atoms with Gasteiger partial charge < -0.3 is 11.1 Å². The van der Waals surface area contributed by atoms with Crippen LogP contribution in [0.5, 0.6) is 0 Å². The summed E-state index contributed by atoms with van der Waals surface area (Å²) in [6, 6.07) is 9.10. The number of rotatable bonds is 3. The van der Waals surface area contributed by atoms with E-state index in [9.17, 15) is 4.79 Å². The molecule has 0 spiro atoms. The summed E-state index contributed by atoms with van der Waals surface area (Å²) in [5.41, 5.74) is 9.06. The van der Waals surface area contributed by atoms with Gasteiger partial charge in [-0.05, 0) is 42.8 Å². The number of H-pyrrole nitrogens is 1. The van der Waals surface area contributed by atoms with E-state index in [0.717, 1.165) is 22.2 Å². The molecule has 0 radical (unpaired) electrons. The largest absolute Gasteiger partial charge is 0.382 e. The van der Waals surface area contributed by atoms with Crippen molar-refractivity contribution < 1.29 is 4.79 Å². The molecule has 0 atom stereocenters. The first-order chi connectivity index (χ1) is 10.1. The minimum Gasteiger partial charge on any atom is -0.382 e. The van der Waals surface area contributed by atoms with E-state index < -0.39 is 0 Å². The van der Waals surface area contributed by atoms with E-state index in [1.54, 1.807) is 24.4 Å². The second kappa shape index (κ2) is 5.24. The monoisotopic (exact) mass is 281 g/mol. The third kappa shape index (κ3) is 2.69. The molecule has 0 aliphatic rings. The number of pyridine rings is 1. The van der Waals surface area contributed by atoms with E-state index in [2.05, 4.69) is 20.5 Å². The molecule has 0 bridgehead atoms. The number of hydrogen-bond acceptors (Lipinski definition) is 4. The minimum absolute atomic E-state index is 0.146. The number of hydrogen-bond donors (Lipinski definition) is 3. The summed E-state index contributed by atoms with van der Waals surface area (Å²) in [5, 5.41) is 10.4. The fourth-order valence-electron chi connectivity index (χ4n) is 2.17. The molecule has 2 heterocycles. The lowest BCUT2D eigenvalue weighted by Gasteiger charge is -2.06. The molecule has 6 nitrogen and oxygen atoms in total. The molecule has 2 aromatic heterocycles. The number of carbonyl (C=O) groups is 1. The molecule has 106 valence electrons. The Kier molecular flexibility index (Phi) is 3.27. The van der Waals surface area contributed by atoms with E-state index >= 15 is 0 Å². The van der Waals surface area contributed by atoms with Gasteiger partial charge in [0, 0.05) is 29.4 Å². The maximum Gasteiger partial charge on any atom is 0.251 e. The fourth-order valence-corrected chi connectivity index (χ4v) is 2.17. The van der Waals surface area contributed by atoms with E-state index in [-0.39, 0.29) is 5.91 Å². The number of carbonyl (C=O) groups excluding carboxylic acids is 1. The second-order valence-electron chi connectivity index (χ2n) is 4.86. The lowest BCUT2D eigenvalue weighted by molar-refractivity contribution is 0.0951. The SMILES string of the molecule is Cc1cc(CNC(=O)c2ccc3[nH]nc(N)c3c2)ccn1. The van der Waals surface area contributed by atoms with Gasteiger partial charge >= 0.3 is 0 Å². The Morgan fingerprint density at radius 3 is 3.00 bits per heavy atom. The molecule has 6 heteroatoms. The highest BCUT2D eigenvalue weighted by atomic mass is 16.1. The van der Waals surface area contributed by atoms with Gasteiger partial charge in [0.2, 0.25) is 0 Å². The Balaban J connectivity index is 1.76. The summed E-state index contributed by atoms with van der Waals surface area (Å²) in [6.45, 7) is 2.38. The highest BCUT2D eigenvalue weighted by Gasteiger charge is 2.09. The average molecular weight is 281 g/mol. The molecular formula is C15H15N5O. The van der Waals surface area contributed by atoms with Gasteiger partial charge in [-0.3, -0.25) is 14.9 Å². The standard InChI is InChI=1S/C15H15N5O/c1-9-6-10(4-5-17-9)8-18-15(21)11-2-3-13-12(7-11)14(16)20-19-13/h2-7H,8H2,1H3,(H,18,21)(H3,16,19,20). The first kappa shape index (κ1) is 13.1. The van der Waals surface area contributed by atoms with Crippen LogP contribution in [0.15, 0.2) is 36.5 Å². The number of anilines is 1. The maximum absolute atomic E-state index is 12.2. The number of nitrogen functional groups attached to an aromatic ring is 1. The summed E-state index contributed by atoms with van der Waals surface area (Å²) in [4.78, 5) is 16.3. The van der Waals surface area contributed by atoms with Crippen LogP contribution in [-0.4, -0.2) is 21.1 Å². The minimum atomic E-state index is -0.146. The molecule has 0 saturated carbocycles. The average Bonchev–Trinajstić information content (AvgIpc) is 2.86. The number of nitrogens with zero attached hydrogens (tertiary/aromatic N) is 2. The Hall–Kier alpha value is -2.89. The van der Waals surface area contributed by atoms with Crippen molar-refractivity contribution in [2.45, 2.75) is 13.5 Å². The van der Waals surface area contributed by atoms with Crippen molar-refractivity contribution in [3.63, 3.8) is 0 Å². The van der Waals surface area contributed by atoms with Crippen LogP contribution in [0, 0.1) is 6.92 Å². The number of aromatic amines is 1. The number of nitrogens with two attached hydrogens (primary N) is 1. The van der Waals surface area contributed by atoms with Crippen LogP contribution in [0.3, 0.4) is 0 Å². The third-order valence-corrected chi connectivity index (χ3v) is 3.27. The first-order valence-electron chi connectivity index (χ1n) is 6.57. The summed E-state index contributed by atoms with van der Waals surface area (Å²) in [6.07, 6.45) is 1.73. The third-order valence-electron chi connectivity index (χ3n) is 3.27. The summed E-state index contributed by atoms with van der Waals surface area (Å²) < 4.78 is 0. The first-order valence-corrected chi connectivity index (χ1v) is 6.57. The van der Waals surface area contributed by atoms with Crippen molar-refractivity contribution in [1.82, 2.24) is 20.5 Å². The maximum atomic E-state index is 12.2. The van der Waals surface area contributed by atoms with Crippen LogP contribution in [0.2, 0.25) is 0 Å². The molecule has 1 aromatic carbocycles. The Morgan fingerprint density at radius 1 is 1.33 bits per heavy atom. The van der Waals surface area contributed by atoms with Gasteiger partial charge in [0.05, 0.1) is 5.52 Å². The topological polar surface area (TPSA) is 96.7 Å². The molecule has 1 amide bonds. The van der Waals surface area contributed by atoms with Crippen LogP contribution >= 0.6 is 0 Å². The molecule has 0 unspecified atom stereocenters. The zero-order valence-corrected chi connectivity index (χ0v) is 11.6. The van der Waals surface area contributed by atoms with Crippen LogP contribution in [0.25, 0.3) is 10.9 Å². The number of benzene rings is 1. The normalized spacial score (nSPS) is 10.7. The molecule has 0 aliphatic heterocycles. The Labute approximate surface area is 121 Å². The van der Waals surface area contributed by atoms with Crippen molar-refractivity contribution in [2.75, 3.05) is 5.73 Å². The van der Waals surface area contributed by atoms with Gasteiger partial charge in [-0.2, -0.15) is 5.10 Å². The van der Waals surface area contributed by atoms with Crippen LogP contribution in [0.1, 0.15) is 21.6 Å². The number of aryl methyl sites for hydroxylation is 1. The highest BCUT2D eigenvalue weighted by molar-refractivity contribution is 6.00. The van der Waals surface area contributed by atoms with Crippen molar-refractivity contribution in [2.24, 2.45) is 0 Å². The van der Waals surface area contributed by atoms with Gasteiger partial charge in [-0.15, -0.1) is 0 Å². The van der Waals surface area contributed by atoms with Crippen LogP contribution < -0.4 is 11.1 Å². The predicted octanol–water partition coefficient (Wildman–Crippen LogP) is 1.78. The number of aromatic nitrogens is 3. The quantitative estimate of drug-likeness (QED) is 0.681. The van der Waals surface area contributed by atoms with Gasteiger partial charge in [0.1, 0.15) is 0 Å². The molecule has 0 aliphatic carbocycles. The molecular weight excluding hydrogens is 266 g/mol. The van der Waals surface area contributed by atoms with Crippen LogP contribution in [0.4, 0.5) is 5.82 Å². The van der Waals surface area contributed by atoms with E-state index in [4.69, 9.17) is 5.73 Å².